The minimum atomic E-state index is -1.15. The zero-order valence-electron chi connectivity index (χ0n) is 19.0. The van der Waals surface area contributed by atoms with Crippen LogP contribution in [0.25, 0.3) is 11.3 Å². The van der Waals surface area contributed by atoms with Gasteiger partial charge in [-0.25, -0.2) is 13.8 Å². The number of hydrogen-bond donors (Lipinski definition) is 3. The molecule has 180 valence electrons. The molecule has 3 aromatic carbocycles. The number of carbonyl (C=O) groups is 1. The topological polar surface area (TPSA) is 96.4 Å². The molecule has 7 nitrogen and oxygen atoms in total. The third kappa shape index (κ3) is 5.40. The van der Waals surface area contributed by atoms with E-state index in [2.05, 4.69) is 10.3 Å². The number of amides is 1. The van der Waals surface area contributed by atoms with Gasteiger partial charge in [0.25, 0.3) is 0 Å². The molecule has 4 rings (SSSR count). The molecule has 1 atom stereocenters. The zero-order chi connectivity index (χ0) is 25.1. The van der Waals surface area contributed by atoms with Gasteiger partial charge in [0.2, 0.25) is 11.8 Å². The number of imidazole rings is 1. The van der Waals surface area contributed by atoms with E-state index in [0.717, 1.165) is 15.7 Å². The Morgan fingerprint density at radius 3 is 2.46 bits per heavy atom. The Bertz CT molecular complexity index is 1410. The maximum Gasteiger partial charge on any atom is 0.329 e. The number of halogens is 2. The van der Waals surface area contributed by atoms with Crippen LogP contribution in [0, 0.1) is 16.3 Å². The van der Waals surface area contributed by atoms with Crippen molar-refractivity contribution in [2.75, 3.05) is 12.4 Å². The number of benzene rings is 3. The van der Waals surface area contributed by atoms with Crippen molar-refractivity contribution in [2.45, 2.75) is 19.4 Å². The molecule has 1 heterocycles. The van der Waals surface area contributed by atoms with Gasteiger partial charge < -0.3 is 20.1 Å². The number of rotatable bonds is 7. The van der Waals surface area contributed by atoms with Gasteiger partial charge in [0.05, 0.1) is 12.8 Å². The molecule has 0 unspecified atom stereocenters. The van der Waals surface area contributed by atoms with Gasteiger partial charge in [0.1, 0.15) is 23.3 Å². The molecule has 35 heavy (non-hydrogen) atoms. The quantitative estimate of drug-likeness (QED) is 0.265. The fraction of sp³-hybridized carbons (Fsp3) is 0.154. The van der Waals surface area contributed by atoms with Crippen LogP contribution in [0.4, 0.5) is 10.1 Å². The van der Waals surface area contributed by atoms with Crippen LogP contribution < -0.4 is 15.7 Å². The number of H-pyrrole nitrogens is 1. The predicted molar refractivity (Wildman–Crippen MR) is 140 cm³/mol. The molecule has 0 spiro atoms. The molecule has 4 aromatic rings. The Morgan fingerprint density at radius 1 is 1.14 bits per heavy atom. The highest BCUT2D eigenvalue weighted by molar-refractivity contribution is 14.1. The summed E-state index contributed by atoms with van der Waals surface area (Å²) in [5.41, 5.74) is 1.85. The second-order valence-corrected chi connectivity index (χ2v) is 9.29. The molecule has 1 aromatic heterocycles. The van der Waals surface area contributed by atoms with Gasteiger partial charge in [-0.2, -0.15) is 0 Å². The summed E-state index contributed by atoms with van der Waals surface area (Å²) >= 11 is 1.97. The lowest BCUT2D eigenvalue weighted by Crippen LogP contribution is -2.33. The molecule has 0 radical (unpaired) electrons. The van der Waals surface area contributed by atoms with Crippen molar-refractivity contribution in [1.29, 1.82) is 0 Å². The fourth-order valence-corrected chi connectivity index (χ4v) is 4.20. The number of hydrogen-bond acceptors (Lipinski definition) is 4. The highest BCUT2D eigenvalue weighted by Crippen LogP contribution is 2.31. The van der Waals surface area contributed by atoms with E-state index in [1.807, 2.05) is 53.8 Å². The van der Waals surface area contributed by atoms with Crippen LogP contribution in [-0.2, 0) is 11.2 Å². The summed E-state index contributed by atoms with van der Waals surface area (Å²) in [6.45, 7) is 1.94. The molecule has 9 heteroatoms. The summed E-state index contributed by atoms with van der Waals surface area (Å²) in [7, 11) is 1.54. The lowest BCUT2D eigenvalue weighted by Gasteiger charge is -2.19. The van der Waals surface area contributed by atoms with E-state index in [-0.39, 0.29) is 17.8 Å². The van der Waals surface area contributed by atoms with E-state index in [1.165, 1.54) is 19.2 Å². The number of nitrogens with one attached hydrogen (secondary N) is 2. The second-order valence-electron chi connectivity index (χ2n) is 8.05. The summed E-state index contributed by atoms with van der Waals surface area (Å²) in [4.78, 5) is 29.0. The summed E-state index contributed by atoms with van der Waals surface area (Å²) in [5.74, 6) is -1.01. The van der Waals surface area contributed by atoms with Crippen molar-refractivity contribution < 1.29 is 19.0 Å². The number of carbonyl (C=O) groups excluding carboxylic acids is 1. The Kier molecular flexibility index (Phi) is 7.25. The van der Waals surface area contributed by atoms with Crippen molar-refractivity contribution in [1.82, 2.24) is 9.55 Å². The molecular weight excluding hydrogens is 564 g/mol. The first-order valence-corrected chi connectivity index (χ1v) is 11.8. The highest BCUT2D eigenvalue weighted by atomic mass is 127. The number of aromatic nitrogens is 2. The minimum Gasteiger partial charge on any atom is -0.497 e. The van der Waals surface area contributed by atoms with Crippen molar-refractivity contribution in [3.8, 4) is 22.9 Å². The van der Waals surface area contributed by atoms with E-state index in [4.69, 9.17) is 4.74 Å². The summed E-state index contributed by atoms with van der Waals surface area (Å²) < 4.78 is 21.3. The molecule has 0 aliphatic rings. The van der Waals surface area contributed by atoms with Crippen LogP contribution in [-0.4, -0.2) is 27.7 Å². The molecule has 0 aliphatic heterocycles. The third-order valence-corrected chi connectivity index (χ3v) is 6.31. The summed E-state index contributed by atoms with van der Waals surface area (Å²) in [6.07, 6.45) is 0.103. The second kappa shape index (κ2) is 10.3. The normalized spacial score (nSPS) is 11.8. The van der Waals surface area contributed by atoms with Crippen LogP contribution >= 0.6 is 22.6 Å². The van der Waals surface area contributed by atoms with Gasteiger partial charge in [-0.1, -0.05) is 29.8 Å². The molecule has 0 saturated carbocycles. The lowest BCUT2D eigenvalue weighted by atomic mass is 10.0. The molecule has 0 fully saturated rings. The Hall–Kier alpha value is -3.60. The van der Waals surface area contributed by atoms with E-state index in [0.29, 0.717) is 14.9 Å². The number of ether oxygens (including phenoxy) is 1. The van der Waals surface area contributed by atoms with Crippen LogP contribution in [0.2, 0.25) is 0 Å². The first-order valence-electron chi connectivity index (χ1n) is 10.8. The average molecular weight is 587 g/mol. The molecule has 0 bridgehead atoms. The van der Waals surface area contributed by atoms with E-state index in [1.54, 1.807) is 30.3 Å². The van der Waals surface area contributed by atoms with Crippen molar-refractivity contribution >= 4 is 34.2 Å². The number of aromatic hydroxyl groups is 1. The number of methoxy groups -OCH3 is 1. The Morgan fingerprint density at radius 2 is 1.83 bits per heavy atom. The van der Waals surface area contributed by atoms with Gasteiger partial charge in [0.15, 0.2) is 0 Å². The predicted octanol–water partition coefficient (Wildman–Crippen LogP) is 5.03. The monoisotopic (exact) mass is 587 g/mol. The molecule has 3 N–H and O–H groups in total. The van der Waals surface area contributed by atoms with Crippen LogP contribution in [0.3, 0.4) is 0 Å². The third-order valence-electron chi connectivity index (χ3n) is 5.63. The first kappa shape index (κ1) is 24.5. The van der Waals surface area contributed by atoms with Gasteiger partial charge in [-0.3, -0.25) is 4.79 Å². The minimum absolute atomic E-state index is 0.0113. The SMILES string of the molecule is COc1ccc(-c2[nH]c(=O)n([C@@H](Cc3ccc(C)cc3)C(=O)Nc3ccc(I)cc3F)c2O)cc1. The van der Waals surface area contributed by atoms with Crippen LogP contribution in [0.15, 0.2) is 71.5 Å². The van der Waals surface area contributed by atoms with E-state index < -0.39 is 29.3 Å². The molecule has 0 saturated heterocycles. The van der Waals surface area contributed by atoms with Gasteiger partial charge >= 0.3 is 5.69 Å². The average Bonchev–Trinajstić information content (AvgIpc) is 3.14. The highest BCUT2D eigenvalue weighted by Gasteiger charge is 2.28. The first-order chi connectivity index (χ1) is 16.8. The Balaban J connectivity index is 1.75. The van der Waals surface area contributed by atoms with Crippen molar-refractivity contribution in [3.05, 3.63) is 97.7 Å². The van der Waals surface area contributed by atoms with Crippen LogP contribution in [0.1, 0.15) is 17.2 Å². The van der Waals surface area contributed by atoms with Gasteiger partial charge in [-0.15, -0.1) is 0 Å². The number of aromatic amines is 1. The molecule has 1 amide bonds. The Labute approximate surface area is 214 Å². The summed E-state index contributed by atoms with van der Waals surface area (Å²) in [6, 6.07) is 17.5. The maximum atomic E-state index is 14.4. The molecular formula is C26H23FIN3O4. The van der Waals surface area contributed by atoms with Crippen molar-refractivity contribution in [3.63, 3.8) is 0 Å². The van der Waals surface area contributed by atoms with Crippen LogP contribution in [0.5, 0.6) is 11.6 Å². The number of aryl methyl sites for hydroxylation is 1. The zero-order valence-corrected chi connectivity index (χ0v) is 21.2. The van der Waals surface area contributed by atoms with Crippen molar-refractivity contribution in [2.24, 2.45) is 0 Å². The fourth-order valence-electron chi connectivity index (χ4n) is 3.74. The molecule has 0 aliphatic carbocycles. The number of anilines is 1. The summed E-state index contributed by atoms with van der Waals surface area (Å²) in [5, 5.41) is 13.6. The number of nitrogens with zero attached hydrogens (tertiary/aromatic N) is 1. The van der Waals surface area contributed by atoms with E-state index >= 15 is 0 Å². The smallest absolute Gasteiger partial charge is 0.329 e. The van der Waals surface area contributed by atoms with E-state index in [9.17, 15) is 19.1 Å². The van der Waals surface area contributed by atoms with Gasteiger partial charge in [0, 0.05) is 15.6 Å². The maximum absolute atomic E-state index is 14.4. The van der Waals surface area contributed by atoms with Gasteiger partial charge in [-0.05, 0) is 77.5 Å². The lowest BCUT2D eigenvalue weighted by molar-refractivity contribution is -0.119. The largest absolute Gasteiger partial charge is 0.497 e. The standard InChI is InChI=1S/C26H23FIN3O4/c1-15-3-5-16(6-4-15)13-22(24(32)29-21-12-9-18(28)14-20(21)27)31-25(33)23(30-26(31)34)17-7-10-19(35-2)11-8-17/h3-12,14,22,33H,13H2,1-2H3,(H,29,32)(H,30,34)/t22-/m0/s1.